The van der Waals surface area contributed by atoms with Gasteiger partial charge in [0, 0.05) is 0 Å². The molecule has 0 amide bonds. The fraction of sp³-hybridized carbons (Fsp3) is 0.500. The minimum absolute atomic E-state index is 0.151. The van der Waals surface area contributed by atoms with Gasteiger partial charge in [-0.15, -0.1) is 6.42 Å². The summed E-state index contributed by atoms with van der Waals surface area (Å²) in [4.78, 5) is 24.1. The Balaban J connectivity index is 1.74. The maximum Gasteiger partial charge on any atom is 0.308 e. The zero-order valence-electron chi connectivity index (χ0n) is 13.6. The molecule has 1 aliphatic heterocycles. The average Bonchev–Trinajstić information content (AvgIpc) is 3.18. The Morgan fingerprint density at radius 2 is 2.33 bits per heavy atom. The van der Waals surface area contributed by atoms with Crippen molar-refractivity contribution in [3.8, 4) is 12.3 Å². The van der Waals surface area contributed by atoms with Gasteiger partial charge in [0.1, 0.15) is 18.4 Å². The molecule has 2 unspecified atom stereocenters. The van der Waals surface area contributed by atoms with Crippen molar-refractivity contribution in [2.45, 2.75) is 39.0 Å². The van der Waals surface area contributed by atoms with E-state index < -0.39 is 0 Å². The fourth-order valence-corrected chi connectivity index (χ4v) is 2.57. The van der Waals surface area contributed by atoms with Gasteiger partial charge in [-0.05, 0) is 18.8 Å². The summed E-state index contributed by atoms with van der Waals surface area (Å²) in [6.07, 6.45) is 8.10. The second kappa shape index (κ2) is 6.45. The predicted molar refractivity (Wildman–Crippen MR) is 86.6 cm³/mol. The summed E-state index contributed by atoms with van der Waals surface area (Å²) >= 11 is 0. The number of terminal acetylenes is 1. The van der Waals surface area contributed by atoms with E-state index in [4.69, 9.17) is 21.6 Å². The van der Waals surface area contributed by atoms with Crippen molar-refractivity contribution in [2.75, 3.05) is 12.3 Å². The van der Waals surface area contributed by atoms with Crippen LogP contribution >= 0.6 is 0 Å². The molecule has 8 nitrogen and oxygen atoms in total. The first-order valence-electron chi connectivity index (χ1n) is 7.78. The monoisotopic (exact) mass is 329 g/mol. The third-order valence-corrected chi connectivity index (χ3v) is 3.86. The molecule has 2 aromatic rings. The van der Waals surface area contributed by atoms with Gasteiger partial charge in [-0.2, -0.15) is 0 Å². The number of imidazole rings is 1. The molecule has 0 spiro atoms. The molecule has 2 aromatic heterocycles. The summed E-state index contributed by atoms with van der Waals surface area (Å²) in [5.41, 5.74) is 6.90. The van der Waals surface area contributed by atoms with E-state index in [2.05, 4.69) is 20.9 Å². The van der Waals surface area contributed by atoms with E-state index in [9.17, 15) is 4.79 Å². The SMILES string of the molecule is C#Cc1nc(N)c2ncn(C3CCC(COC(=O)C(C)C)O3)c2n1. The number of fused-ring (bicyclic) bond motifs is 1. The van der Waals surface area contributed by atoms with Gasteiger partial charge in [0.05, 0.1) is 18.3 Å². The molecule has 1 saturated heterocycles. The number of aromatic nitrogens is 4. The van der Waals surface area contributed by atoms with Crippen molar-refractivity contribution in [2.24, 2.45) is 5.92 Å². The second-order valence-electron chi connectivity index (χ2n) is 5.98. The van der Waals surface area contributed by atoms with Crippen LogP contribution in [0.2, 0.25) is 0 Å². The molecule has 2 atom stereocenters. The zero-order valence-corrected chi connectivity index (χ0v) is 13.6. The molecule has 3 rings (SSSR count). The highest BCUT2D eigenvalue weighted by atomic mass is 16.6. The van der Waals surface area contributed by atoms with E-state index >= 15 is 0 Å². The van der Waals surface area contributed by atoms with Crippen LogP contribution in [0.25, 0.3) is 11.2 Å². The molecule has 1 aliphatic rings. The zero-order chi connectivity index (χ0) is 17.3. The van der Waals surface area contributed by atoms with Crippen molar-refractivity contribution >= 4 is 23.0 Å². The molecule has 24 heavy (non-hydrogen) atoms. The Hall–Kier alpha value is -2.66. The Bertz CT molecular complexity index is 808. The van der Waals surface area contributed by atoms with Crippen LogP contribution < -0.4 is 5.73 Å². The number of hydrogen-bond acceptors (Lipinski definition) is 7. The third kappa shape index (κ3) is 3.03. The van der Waals surface area contributed by atoms with Gasteiger partial charge in [-0.3, -0.25) is 9.36 Å². The number of nitrogen functional groups attached to an aromatic ring is 1. The molecule has 0 aliphatic carbocycles. The molecule has 0 saturated carbocycles. The lowest BCUT2D eigenvalue weighted by molar-refractivity contribution is -0.152. The number of ether oxygens (including phenoxy) is 2. The summed E-state index contributed by atoms with van der Waals surface area (Å²) in [6, 6.07) is 0. The molecule has 2 N–H and O–H groups in total. The molecule has 1 fully saturated rings. The van der Waals surface area contributed by atoms with Gasteiger partial charge >= 0.3 is 5.97 Å². The van der Waals surface area contributed by atoms with E-state index in [-0.39, 0.29) is 42.5 Å². The standard InChI is InChI=1S/C16H19N5O3/c1-4-11-19-14(17)13-15(20-11)21(8-18-13)12-6-5-10(24-12)7-23-16(22)9(2)3/h1,8-10,12H,5-7H2,2-3H3,(H2,17,19,20). The lowest BCUT2D eigenvalue weighted by atomic mass is 10.2. The van der Waals surface area contributed by atoms with Gasteiger partial charge in [-0.25, -0.2) is 15.0 Å². The summed E-state index contributed by atoms with van der Waals surface area (Å²) < 4.78 is 13.0. The van der Waals surface area contributed by atoms with E-state index in [1.165, 1.54) is 0 Å². The summed E-state index contributed by atoms with van der Waals surface area (Å²) in [5.74, 6) is 2.45. The quantitative estimate of drug-likeness (QED) is 0.665. The Morgan fingerprint density at radius 3 is 3.04 bits per heavy atom. The van der Waals surface area contributed by atoms with Gasteiger partial charge in [0.15, 0.2) is 11.5 Å². The van der Waals surface area contributed by atoms with Crippen LogP contribution in [-0.2, 0) is 14.3 Å². The van der Waals surface area contributed by atoms with Crippen LogP contribution in [0, 0.1) is 18.3 Å². The first-order chi connectivity index (χ1) is 11.5. The number of hydrogen-bond donors (Lipinski definition) is 1. The summed E-state index contributed by atoms with van der Waals surface area (Å²) in [6.45, 7) is 3.84. The van der Waals surface area contributed by atoms with Crippen LogP contribution in [0.4, 0.5) is 5.82 Å². The Morgan fingerprint density at radius 1 is 1.54 bits per heavy atom. The van der Waals surface area contributed by atoms with Crippen LogP contribution in [0.3, 0.4) is 0 Å². The minimum Gasteiger partial charge on any atom is -0.463 e. The molecular formula is C16H19N5O3. The number of nitrogens with zero attached hydrogens (tertiary/aromatic N) is 4. The molecule has 0 radical (unpaired) electrons. The van der Waals surface area contributed by atoms with Gasteiger partial charge < -0.3 is 15.2 Å². The molecule has 0 bridgehead atoms. The van der Waals surface area contributed by atoms with Crippen molar-refractivity contribution in [1.29, 1.82) is 0 Å². The van der Waals surface area contributed by atoms with Crippen LogP contribution in [-0.4, -0.2) is 38.2 Å². The Kier molecular flexibility index (Phi) is 4.36. The van der Waals surface area contributed by atoms with Gasteiger partial charge in [0.25, 0.3) is 0 Å². The number of rotatable bonds is 4. The van der Waals surface area contributed by atoms with E-state index in [1.54, 1.807) is 24.7 Å². The van der Waals surface area contributed by atoms with Crippen LogP contribution in [0.15, 0.2) is 6.33 Å². The second-order valence-corrected chi connectivity index (χ2v) is 5.98. The topological polar surface area (TPSA) is 105 Å². The summed E-state index contributed by atoms with van der Waals surface area (Å²) in [7, 11) is 0. The number of nitrogens with two attached hydrogens (primary N) is 1. The minimum atomic E-state index is -0.252. The average molecular weight is 329 g/mol. The smallest absolute Gasteiger partial charge is 0.308 e. The van der Waals surface area contributed by atoms with E-state index in [0.717, 1.165) is 12.8 Å². The lowest BCUT2D eigenvalue weighted by Crippen LogP contribution is -2.21. The van der Waals surface area contributed by atoms with Crippen LogP contribution in [0.1, 0.15) is 38.7 Å². The highest BCUT2D eigenvalue weighted by Crippen LogP contribution is 2.31. The number of anilines is 1. The first-order valence-corrected chi connectivity index (χ1v) is 7.78. The molecule has 126 valence electrons. The predicted octanol–water partition coefficient (Wildman–Crippen LogP) is 1.27. The van der Waals surface area contributed by atoms with Crippen molar-refractivity contribution in [1.82, 2.24) is 19.5 Å². The molecule has 0 aromatic carbocycles. The van der Waals surface area contributed by atoms with Crippen molar-refractivity contribution in [3.63, 3.8) is 0 Å². The van der Waals surface area contributed by atoms with Gasteiger partial charge in [-0.1, -0.05) is 13.8 Å². The highest BCUT2D eigenvalue weighted by molar-refractivity contribution is 5.82. The van der Waals surface area contributed by atoms with E-state index in [0.29, 0.717) is 11.2 Å². The highest BCUT2D eigenvalue weighted by Gasteiger charge is 2.29. The normalized spacial score (nSPS) is 20.4. The Labute approximate surface area is 139 Å². The third-order valence-electron chi connectivity index (χ3n) is 3.86. The number of carbonyl (C=O) groups excluding carboxylic acids is 1. The maximum atomic E-state index is 11.5. The first kappa shape index (κ1) is 16.2. The molecule has 8 heteroatoms. The van der Waals surface area contributed by atoms with Crippen LogP contribution in [0.5, 0.6) is 0 Å². The largest absolute Gasteiger partial charge is 0.463 e. The number of carbonyl (C=O) groups is 1. The fourth-order valence-electron chi connectivity index (χ4n) is 2.57. The van der Waals surface area contributed by atoms with Gasteiger partial charge in [0.2, 0.25) is 5.82 Å². The maximum absolute atomic E-state index is 11.5. The molecule has 3 heterocycles. The molecular weight excluding hydrogens is 310 g/mol. The van der Waals surface area contributed by atoms with Crippen molar-refractivity contribution < 1.29 is 14.3 Å². The number of esters is 1. The summed E-state index contributed by atoms with van der Waals surface area (Å²) in [5, 5.41) is 0. The lowest BCUT2D eigenvalue weighted by Gasteiger charge is -2.16. The van der Waals surface area contributed by atoms with E-state index in [1.807, 2.05) is 0 Å². The van der Waals surface area contributed by atoms with Crippen molar-refractivity contribution in [3.05, 3.63) is 12.2 Å².